The van der Waals surface area contributed by atoms with Gasteiger partial charge >= 0.3 is 0 Å². The molecular formula is C6H7ClN2O3. The molecular weight excluding hydrogens is 184 g/mol. The highest BCUT2D eigenvalue weighted by Gasteiger charge is 1.82. The van der Waals surface area contributed by atoms with Gasteiger partial charge in [-0.15, -0.1) is 10.1 Å². The lowest BCUT2D eigenvalue weighted by Crippen LogP contribution is -1.81. The molecule has 0 saturated carbocycles. The van der Waals surface area contributed by atoms with Crippen molar-refractivity contribution >= 4 is 17.3 Å². The van der Waals surface area contributed by atoms with Gasteiger partial charge in [-0.2, -0.15) is 0 Å². The molecule has 0 aliphatic heterocycles. The van der Waals surface area contributed by atoms with Crippen LogP contribution in [0.15, 0.2) is 24.3 Å². The number of halogens is 1. The number of nitrogens with zero attached hydrogens (tertiary/aromatic N) is 1. The Labute approximate surface area is 73.5 Å². The van der Waals surface area contributed by atoms with Crippen molar-refractivity contribution in [3.05, 3.63) is 39.4 Å². The van der Waals surface area contributed by atoms with Crippen molar-refractivity contribution in [1.29, 1.82) is 0 Å². The zero-order valence-corrected chi connectivity index (χ0v) is 6.73. The molecule has 66 valence electrons. The summed E-state index contributed by atoms with van der Waals surface area (Å²) in [4.78, 5) is 8.36. The maximum atomic E-state index is 8.36. The van der Waals surface area contributed by atoms with Crippen LogP contribution in [-0.4, -0.2) is 10.3 Å². The van der Waals surface area contributed by atoms with Crippen molar-refractivity contribution in [1.82, 2.24) is 0 Å². The summed E-state index contributed by atoms with van der Waals surface area (Å²) in [5.74, 6) is 0. The first kappa shape index (κ1) is 10.5. The predicted octanol–water partition coefficient (Wildman–Crippen LogP) is 1.57. The van der Waals surface area contributed by atoms with Gasteiger partial charge in [0.1, 0.15) is 0 Å². The van der Waals surface area contributed by atoms with Crippen LogP contribution < -0.4 is 5.73 Å². The molecule has 6 heteroatoms. The van der Waals surface area contributed by atoms with Crippen LogP contribution in [-0.2, 0) is 0 Å². The van der Waals surface area contributed by atoms with Crippen LogP contribution in [0.3, 0.4) is 0 Å². The van der Waals surface area contributed by atoms with Gasteiger partial charge in [0.2, 0.25) is 0 Å². The van der Waals surface area contributed by atoms with Gasteiger partial charge in [0, 0.05) is 10.7 Å². The number of rotatable bonds is 0. The van der Waals surface area contributed by atoms with E-state index in [0.29, 0.717) is 0 Å². The number of benzene rings is 1. The average molecular weight is 191 g/mol. The lowest BCUT2D eigenvalue weighted by molar-refractivity contribution is -0.742. The van der Waals surface area contributed by atoms with Crippen LogP contribution in [0, 0.1) is 10.1 Å². The van der Waals surface area contributed by atoms with Crippen LogP contribution in [0.25, 0.3) is 0 Å². The Morgan fingerprint density at radius 3 is 2.00 bits per heavy atom. The Morgan fingerprint density at radius 1 is 1.42 bits per heavy atom. The van der Waals surface area contributed by atoms with E-state index in [0.717, 1.165) is 10.7 Å². The molecule has 0 radical (unpaired) electrons. The molecule has 0 fully saturated rings. The third-order valence-corrected chi connectivity index (χ3v) is 1.12. The van der Waals surface area contributed by atoms with Gasteiger partial charge in [-0.05, 0) is 24.3 Å². The van der Waals surface area contributed by atoms with Gasteiger partial charge in [0.05, 0.1) is 0 Å². The number of hydrogen-bond donors (Lipinski definition) is 2. The maximum Gasteiger partial charge on any atom is 0.291 e. The van der Waals surface area contributed by atoms with E-state index in [4.69, 9.17) is 32.7 Å². The fourth-order valence-corrected chi connectivity index (χ4v) is 0.589. The van der Waals surface area contributed by atoms with Gasteiger partial charge < -0.3 is 10.9 Å². The summed E-state index contributed by atoms with van der Waals surface area (Å²) < 4.78 is 0. The Kier molecular flexibility index (Phi) is 4.55. The van der Waals surface area contributed by atoms with Crippen molar-refractivity contribution in [3.8, 4) is 0 Å². The van der Waals surface area contributed by atoms with Crippen LogP contribution in [0.2, 0.25) is 5.02 Å². The standard InChI is InChI=1S/C6H6ClN.HNO3/c7-5-1-3-6(8)4-2-5;2-1(3)4/h1-4H,8H2;(H,2,3,4). The molecule has 5 nitrogen and oxygen atoms in total. The van der Waals surface area contributed by atoms with E-state index in [1.807, 2.05) is 0 Å². The summed E-state index contributed by atoms with van der Waals surface area (Å²) in [6.45, 7) is 0. The first-order valence-electron chi connectivity index (χ1n) is 2.86. The SMILES string of the molecule is Nc1ccc(Cl)cc1.O=[N+]([O-])O. The van der Waals surface area contributed by atoms with Crippen molar-refractivity contribution in [3.63, 3.8) is 0 Å². The monoisotopic (exact) mass is 190 g/mol. The van der Waals surface area contributed by atoms with Crippen LogP contribution in [0.1, 0.15) is 0 Å². The van der Waals surface area contributed by atoms with E-state index in [1.165, 1.54) is 0 Å². The molecule has 0 aliphatic carbocycles. The molecule has 0 heterocycles. The lowest BCUT2D eigenvalue weighted by Gasteiger charge is -1.88. The normalized spacial score (nSPS) is 8.08. The lowest BCUT2D eigenvalue weighted by atomic mass is 10.3. The molecule has 0 aliphatic rings. The molecule has 1 aromatic carbocycles. The second-order valence-electron chi connectivity index (χ2n) is 1.79. The highest BCUT2D eigenvalue weighted by Crippen LogP contribution is 2.09. The summed E-state index contributed by atoms with van der Waals surface area (Å²) in [6.07, 6.45) is 0. The molecule has 12 heavy (non-hydrogen) atoms. The van der Waals surface area contributed by atoms with Crippen molar-refractivity contribution < 1.29 is 10.3 Å². The fraction of sp³-hybridized carbons (Fsp3) is 0. The summed E-state index contributed by atoms with van der Waals surface area (Å²) in [5.41, 5.74) is 6.11. The van der Waals surface area contributed by atoms with E-state index in [9.17, 15) is 0 Å². The highest BCUT2D eigenvalue weighted by molar-refractivity contribution is 6.30. The topological polar surface area (TPSA) is 89.4 Å². The smallest absolute Gasteiger partial charge is 0.291 e. The van der Waals surface area contributed by atoms with Crippen LogP contribution in [0.4, 0.5) is 5.69 Å². The van der Waals surface area contributed by atoms with Gasteiger partial charge in [-0.3, -0.25) is 0 Å². The van der Waals surface area contributed by atoms with Gasteiger partial charge in [-0.1, -0.05) is 11.6 Å². The van der Waals surface area contributed by atoms with Crippen molar-refractivity contribution in [2.45, 2.75) is 0 Å². The van der Waals surface area contributed by atoms with Crippen LogP contribution in [0.5, 0.6) is 0 Å². The molecule has 0 amide bonds. The summed E-state index contributed by atoms with van der Waals surface area (Å²) in [6, 6.07) is 7.05. The fourth-order valence-electron chi connectivity index (χ4n) is 0.463. The number of nitrogen functional groups attached to an aromatic ring is 1. The van der Waals surface area contributed by atoms with E-state index in [2.05, 4.69) is 0 Å². The molecule has 0 spiro atoms. The minimum Gasteiger partial charge on any atom is -0.399 e. The second-order valence-corrected chi connectivity index (χ2v) is 2.23. The number of hydrogen-bond acceptors (Lipinski definition) is 3. The number of anilines is 1. The molecule has 0 saturated heterocycles. The van der Waals surface area contributed by atoms with Crippen LogP contribution >= 0.6 is 11.6 Å². The summed E-state index contributed by atoms with van der Waals surface area (Å²) in [5, 5.41) is 14.4. The Hall–Kier alpha value is -1.49. The molecule has 1 aromatic rings. The van der Waals surface area contributed by atoms with Gasteiger partial charge in [0.25, 0.3) is 5.09 Å². The third-order valence-electron chi connectivity index (χ3n) is 0.870. The molecule has 0 atom stereocenters. The summed E-state index contributed by atoms with van der Waals surface area (Å²) >= 11 is 5.56. The first-order valence-corrected chi connectivity index (χ1v) is 3.24. The molecule has 0 bridgehead atoms. The predicted molar refractivity (Wildman–Crippen MR) is 44.6 cm³/mol. The third kappa shape index (κ3) is 6.63. The van der Waals surface area contributed by atoms with E-state index in [1.54, 1.807) is 24.3 Å². The molecule has 1 rings (SSSR count). The minimum atomic E-state index is -1.50. The minimum absolute atomic E-state index is 0.721. The van der Waals surface area contributed by atoms with E-state index in [-0.39, 0.29) is 0 Å². The maximum absolute atomic E-state index is 8.36. The summed E-state index contributed by atoms with van der Waals surface area (Å²) in [7, 11) is 0. The number of nitrogens with two attached hydrogens (primary N) is 1. The average Bonchev–Trinajstić information content (AvgIpc) is 1.94. The van der Waals surface area contributed by atoms with Crippen molar-refractivity contribution in [2.24, 2.45) is 0 Å². The Morgan fingerprint density at radius 2 is 1.75 bits per heavy atom. The molecule has 0 aromatic heterocycles. The highest BCUT2D eigenvalue weighted by atomic mass is 35.5. The van der Waals surface area contributed by atoms with Gasteiger partial charge in [0.15, 0.2) is 0 Å². The zero-order chi connectivity index (χ0) is 9.56. The molecule has 0 unspecified atom stereocenters. The van der Waals surface area contributed by atoms with Crippen molar-refractivity contribution in [2.75, 3.05) is 5.73 Å². The zero-order valence-electron chi connectivity index (χ0n) is 5.98. The van der Waals surface area contributed by atoms with E-state index >= 15 is 0 Å². The first-order chi connectivity index (χ1) is 5.52. The largest absolute Gasteiger partial charge is 0.399 e. The quantitative estimate of drug-likeness (QED) is 0.369. The second kappa shape index (κ2) is 5.20. The Bertz CT molecular complexity index is 224. The molecule has 3 N–H and O–H groups in total. The van der Waals surface area contributed by atoms with E-state index < -0.39 is 5.09 Å². The van der Waals surface area contributed by atoms with Gasteiger partial charge in [-0.25, -0.2) is 0 Å². The Balaban J connectivity index is 0.000000261.